The van der Waals surface area contributed by atoms with Crippen molar-refractivity contribution in [2.75, 3.05) is 5.01 Å². The average Bonchev–Trinajstić information content (AvgIpc) is 2.75. The lowest BCUT2D eigenvalue weighted by atomic mass is 10.1. The highest BCUT2D eigenvalue weighted by molar-refractivity contribution is 8.08. The highest BCUT2D eigenvalue weighted by Gasteiger charge is 2.39. The van der Waals surface area contributed by atoms with Crippen molar-refractivity contribution in [3.63, 3.8) is 0 Å². The van der Waals surface area contributed by atoms with Gasteiger partial charge < -0.3 is 5.32 Å². The van der Waals surface area contributed by atoms with Gasteiger partial charge in [-0.1, -0.05) is 48.0 Å². The molecule has 0 saturated carbocycles. The maximum atomic E-state index is 13.1. The lowest BCUT2D eigenvalue weighted by molar-refractivity contribution is -0.115. The summed E-state index contributed by atoms with van der Waals surface area (Å²) < 4.78 is 26.3. The van der Waals surface area contributed by atoms with Crippen LogP contribution in [0.5, 0.6) is 0 Å². The van der Waals surface area contributed by atoms with Gasteiger partial charge in [0.2, 0.25) is 14.9 Å². The number of aryl methyl sites for hydroxylation is 1. The molecule has 7 nitrogen and oxygen atoms in total. The molecule has 0 fully saturated rings. The molecule has 4 rings (SSSR count). The molecule has 0 unspecified atom stereocenters. The average molecular weight is 420 g/mol. The number of hydrazone groups is 1. The van der Waals surface area contributed by atoms with Crippen molar-refractivity contribution in [2.24, 2.45) is 5.10 Å². The zero-order valence-electron chi connectivity index (χ0n) is 16.5. The number of aromatic nitrogens is 1. The Labute approximate surface area is 175 Å². The van der Waals surface area contributed by atoms with Crippen molar-refractivity contribution in [1.82, 2.24) is 10.3 Å². The molecular weight excluding hydrogens is 400 g/mol. The van der Waals surface area contributed by atoms with Gasteiger partial charge in [-0.25, -0.2) is 18.4 Å². The summed E-state index contributed by atoms with van der Waals surface area (Å²) in [6, 6.07) is 19.2. The maximum absolute atomic E-state index is 13.1. The molecule has 2 heterocycles. The van der Waals surface area contributed by atoms with Gasteiger partial charge in [-0.2, -0.15) is 0 Å². The van der Waals surface area contributed by atoms with E-state index in [2.05, 4.69) is 15.4 Å². The summed E-state index contributed by atoms with van der Waals surface area (Å²) in [6.45, 7) is 3.74. The van der Waals surface area contributed by atoms with E-state index in [1.54, 1.807) is 19.1 Å². The first-order valence-electron chi connectivity index (χ1n) is 9.39. The van der Waals surface area contributed by atoms with Gasteiger partial charge in [0.15, 0.2) is 5.82 Å². The summed E-state index contributed by atoms with van der Waals surface area (Å²) in [5.41, 5.74) is 2.51. The predicted molar refractivity (Wildman–Crippen MR) is 115 cm³/mol. The molecule has 0 radical (unpaired) electrons. The molecule has 8 heteroatoms. The molecule has 1 aromatic heterocycles. The fraction of sp³-hybridized carbons (Fsp3) is 0.136. The van der Waals surface area contributed by atoms with E-state index in [1.807, 2.05) is 49.4 Å². The summed E-state index contributed by atoms with van der Waals surface area (Å²) in [4.78, 5) is 17.1. The molecule has 0 spiro atoms. The SMILES string of the molecule is Cc1ccc(N2N=C(C(=O)N[C@H](C)c3ccccc3)S(=O)(=O)c3cccnc32)cc1. The van der Waals surface area contributed by atoms with Crippen molar-refractivity contribution in [3.8, 4) is 0 Å². The Hall–Kier alpha value is -3.52. The van der Waals surface area contributed by atoms with E-state index in [0.717, 1.165) is 11.1 Å². The van der Waals surface area contributed by atoms with Crippen molar-refractivity contribution >= 4 is 32.3 Å². The zero-order chi connectivity index (χ0) is 21.3. The Bertz CT molecular complexity index is 1220. The number of nitrogens with zero attached hydrogens (tertiary/aromatic N) is 3. The van der Waals surface area contributed by atoms with E-state index in [0.29, 0.717) is 5.69 Å². The standard InChI is InChI=1S/C22H20N4O3S/c1-15-10-12-18(13-11-15)26-20-19(9-6-14-23-20)30(28,29)22(25-26)21(27)24-16(2)17-7-4-3-5-8-17/h3-14,16H,1-2H3,(H,24,27)/t16-/m1/s1. The molecule has 1 amide bonds. The topological polar surface area (TPSA) is 91.7 Å². The van der Waals surface area contributed by atoms with Crippen LogP contribution in [0.3, 0.4) is 0 Å². The molecule has 152 valence electrons. The molecule has 2 aromatic carbocycles. The van der Waals surface area contributed by atoms with Crippen LogP contribution in [0.25, 0.3) is 0 Å². The van der Waals surface area contributed by atoms with Crippen molar-refractivity contribution in [3.05, 3.63) is 84.1 Å². The number of nitrogens with one attached hydrogen (secondary N) is 1. The third-order valence-electron chi connectivity index (χ3n) is 4.81. The van der Waals surface area contributed by atoms with Gasteiger partial charge in [-0.05, 0) is 43.7 Å². The number of hydrogen-bond acceptors (Lipinski definition) is 6. The molecule has 1 N–H and O–H groups in total. The Morgan fingerprint density at radius 1 is 1.00 bits per heavy atom. The number of pyridine rings is 1. The fourth-order valence-corrected chi connectivity index (χ4v) is 4.50. The molecule has 0 bridgehead atoms. The number of carbonyl (C=O) groups excluding carboxylic acids is 1. The normalized spacial score (nSPS) is 15.7. The van der Waals surface area contributed by atoms with Gasteiger partial charge in [0, 0.05) is 6.20 Å². The van der Waals surface area contributed by atoms with Crippen LogP contribution in [0.4, 0.5) is 11.5 Å². The minimum atomic E-state index is -4.13. The highest BCUT2D eigenvalue weighted by Crippen LogP contribution is 2.35. The van der Waals surface area contributed by atoms with Crippen LogP contribution < -0.4 is 10.3 Å². The number of sulfone groups is 1. The smallest absolute Gasteiger partial charge is 0.284 e. The lowest BCUT2D eigenvalue weighted by Crippen LogP contribution is -2.41. The second kappa shape index (κ2) is 7.72. The Balaban J connectivity index is 1.76. The van der Waals surface area contributed by atoms with Crippen LogP contribution in [0.1, 0.15) is 24.1 Å². The van der Waals surface area contributed by atoms with Crippen LogP contribution in [-0.2, 0) is 14.6 Å². The largest absolute Gasteiger partial charge is 0.343 e. The number of hydrogen-bond donors (Lipinski definition) is 1. The van der Waals surface area contributed by atoms with Crippen LogP contribution >= 0.6 is 0 Å². The zero-order valence-corrected chi connectivity index (χ0v) is 17.3. The summed E-state index contributed by atoms with van der Waals surface area (Å²) in [5.74, 6) is -0.605. The van der Waals surface area contributed by atoms with E-state index in [-0.39, 0.29) is 16.8 Å². The number of anilines is 2. The maximum Gasteiger partial charge on any atom is 0.284 e. The number of amides is 1. The van der Waals surface area contributed by atoms with Gasteiger partial charge in [0.05, 0.1) is 11.7 Å². The first kappa shape index (κ1) is 19.8. The van der Waals surface area contributed by atoms with Crippen LogP contribution in [-0.4, -0.2) is 24.4 Å². The molecule has 1 aliphatic heterocycles. The van der Waals surface area contributed by atoms with Crippen molar-refractivity contribution in [1.29, 1.82) is 0 Å². The molecule has 1 aliphatic rings. The molecule has 1 atom stereocenters. The third-order valence-corrected chi connectivity index (χ3v) is 6.48. The van der Waals surface area contributed by atoms with E-state index in [9.17, 15) is 13.2 Å². The highest BCUT2D eigenvalue weighted by atomic mass is 32.2. The van der Waals surface area contributed by atoms with E-state index in [4.69, 9.17) is 0 Å². The van der Waals surface area contributed by atoms with Crippen molar-refractivity contribution < 1.29 is 13.2 Å². The number of fused-ring (bicyclic) bond motifs is 1. The summed E-state index contributed by atoms with van der Waals surface area (Å²) >= 11 is 0. The quantitative estimate of drug-likeness (QED) is 0.697. The molecule has 30 heavy (non-hydrogen) atoms. The number of rotatable bonds is 4. The van der Waals surface area contributed by atoms with E-state index in [1.165, 1.54) is 23.3 Å². The first-order chi connectivity index (χ1) is 14.4. The Kier molecular flexibility index (Phi) is 5.09. The van der Waals surface area contributed by atoms with Gasteiger partial charge in [0.25, 0.3) is 5.91 Å². The second-order valence-electron chi connectivity index (χ2n) is 6.99. The summed E-state index contributed by atoms with van der Waals surface area (Å²) in [5, 5.41) is 7.77. The molecule has 0 saturated heterocycles. The lowest BCUT2D eigenvalue weighted by Gasteiger charge is -2.26. The van der Waals surface area contributed by atoms with E-state index < -0.39 is 20.8 Å². The van der Waals surface area contributed by atoms with Crippen LogP contribution in [0.2, 0.25) is 0 Å². The number of carbonyl (C=O) groups is 1. The first-order valence-corrected chi connectivity index (χ1v) is 10.9. The third kappa shape index (κ3) is 3.57. The monoisotopic (exact) mass is 420 g/mol. The van der Waals surface area contributed by atoms with E-state index >= 15 is 0 Å². The minimum Gasteiger partial charge on any atom is -0.343 e. The summed E-state index contributed by atoms with van der Waals surface area (Å²) in [7, 11) is -4.13. The Morgan fingerprint density at radius 2 is 1.70 bits per heavy atom. The van der Waals surface area contributed by atoms with Crippen LogP contribution in [0.15, 0.2) is 82.9 Å². The Morgan fingerprint density at radius 3 is 2.40 bits per heavy atom. The molecule has 0 aliphatic carbocycles. The van der Waals surface area contributed by atoms with Gasteiger partial charge >= 0.3 is 0 Å². The molecule has 3 aromatic rings. The number of benzene rings is 2. The van der Waals surface area contributed by atoms with Gasteiger partial charge in [-0.15, -0.1) is 5.10 Å². The van der Waals surface area contributed by atoms with Crippen LogP contribution in [0, 0.1) is 6.92 Å². The van der Waals surface area contributed by atoms with Crippen molar-refractivity contribution in [2.45, 2.75) is 24.8 Å². The summed E-state index contributed by atoms with van der Waals surface area (Å²) in [6.07, 6.45) is 1.49. The predicted octanol–water partition coefficient (Wildman–Crippen LogP) is 3.51. The minimum absolute atomic E-state index is 0.0573. The van der Waals surface area contributed by atoms with Gasteiger partial charge in [0.1, 0.15) is 4.90 Å². The fourth-order valence-electron chi connectivity index (χ4n) is 3.16. The second-order valence-corrected chi connectivity index (χ2v) is 8.82. The molecular formula is C22H20N4O3S. The van der Waals surface area contributed by atoms with Gasteiger partial charge in [-0.3, -0.25) is 4.79 Å².